The number of aliphatic hydroxyl groups is 1. The smallest absolute Gasteiger partial charge is 0.224 e. The summed E-state index contributed by atoms with van der Waals surface area (Å²) < 4.78 is 5.67. The molecule has 2 atom stereocenters. The zero-order chi connectivity index (χ0) is 13.7. The number of anilines is 1. The van der Waals surface area contributed by atoms with Crippen LogP contribution >= 0.6 is 0 Å². The number of pyridine rings is 1. The molecule has 19 heavy (non-hydrogen) atoms. The number of amides is 1. The molecule has 1 amide bonds. The molecule has 5 nitrogen and oxygen atoms in total. The minimum absolute atomic E-state index is 0.0640. The van der Waals surface area contributed by atoms with E-state index in [9.17, 15) is 4.79 Å². The summed E-state index contributed by atoms with van der Waals surface area (Å²) in [6, 6.07) is 1.69. The molecule has 2 unspecified atom stereocenters. The van der Waals surface area contributed by atoms with E-state index in [2.05, 4.69) is 17.2 Å². The first-order chi connectivity index (χ1) is 9.19. The molecule has 1 aliphatic heterocycles. The van der Waals surface area contributed by atoms with E-state index in [1.54, 1.807) is 18.5 Å². The third-order valence-electron chi connectivity index (χ3n) is 3.37. The standard InChI is InChI=1S/C14H20N2O3/c1-10-2-3-12(19-10)4-5-14(18)16-13-8-15-7-6-11(13)9-17/h6-8,10,12,17H,2-5,9H2,1H3,(H,16,18). The largest absolute Gasteiger partial charge is 0.392 e. The topological polar surface area (TPSA) is 71.5 Å². The predicted octanol–water partition coefficient (Wildman–Crippen LogP) is 1.86. The monoisotopic (exact) mass is 264 g/mol. The molecule has 104 valence electrons. The van der Waals surface area contributed by atoms with Gasteiger partial charge in [0.1, 0.15) is 0 Å². The molecule has 2 N–H and O–H groups in total. The Balaban J connectivity index is 1.81. The Morgan fingerprint density at radius 2 is 2.42 bits per heavy atom. The van der Waals surface area contributed by atoms with E-state index in [4.69, 9.17) is 9.84 Å². The van der Waals surface area contributed by atoms with Crippen molar-refractivity contribution in [3.8, 4) is 0 Å². The molecular formula is C14H20N2O3. The van der Waals surface area contributed by atoms with Gasteiger partial charge in [-0.05, 0) is 32.3 Å². The Hall–Kier alpha value is -1.46. The number of carbonyl (C=O) groups excluding carboxylic acids is 1. The highest BCUT2D eigenvalue weighted by Gasteiger charge is 2.22. The van der Waals surface area contributed by atoms with Gasteiger partial charge in [-0.15, -0.1) is 0 Å². The predicted molar refractivity (Wildman–Crippen MR) is 71.6 cm³/mol. The highest BCUT2D eigenvalue weighted by Crippen LogP contribution is 2.23. The number of hydrogen-bond donors (Lipinski definition) is 2. The highest BCUT2D eigenvalue weighted by molar-refractivity contribution is 5.91. The molecule has 0 radical (unpaired) electrons. The molecule has 1 saturated heterocycles. The van der Waals surface area contributed by atoms with Crippen molar-refractivity contribution in [3.63, 3.8) is 0 Å². The molecule has 0 saturated carbocycles. The lowest BCUT2D eigenvalue weighted by Crippen LogP contribution is -2.17. The summed E-state index contributed by atoms with van der Waals surface area (Å²) in [5, 5.41) is 11.9. The molecule has 0 bridgehead atoms. The van der Waals surface area contributed by atoms with Gasteiger partial charge in [-0.3, -0.25) is 9.78 Å². The fourth-order valence-corrected chi connectivity index (χ4v) is 2.28. The average Bonchev–Trinajstić information content (AvgIpc) is 2.83. The molecule has 1 aromatic rings. The SMILES string of the molecule is CC1CCC(CCC(=O)Nc2cnccc2CO)O1. The zero-order valence-electron chi connectivity index (χ0n) is 11.1. The van der Waals surface area contributed by atoms with Gasteiger partial charge in [-0.1, -0.05) is 0 Å². The van der Waals surface area contributed by atoms with Crippen LogP contribution in [0.25, 0.3) is 0 Å². The van der Waals surface area contributed by atoms with Crippen molar-refractivity contribution in [3.05, 3.63) is 24.0 Å². The number of aliphatic hydroxyl groups excluding tert-OH is 1. The van der Waals surface area contributed by atoms with Crippen LogP contribution in [0.1, 0.15) is 38.2 Å². The molecule has 0 aliphatic carbocycles. The van der Waals surface area contributed by atoms with Crippen LogP contribution in [-0.2, 0) is 16.1 Å². The number of ether oxygens (including phenoxy) is 1. The summed E-state index contributed by atoms with van der Waals surface area (Å²) in [5.74, 6) is -0.0640. The van der Waals surface area contributed by atoms with Crippen molar-refractivity contribution in [1.82, 2.24) is 4.98 Å². The maximum Gasteiger partial charge on any atom is 0.224 e. The summed E-state index contributed by atoms with van der Waals surface area (Å²) in [7, 11) is 0. The Morgan fingerprint density at radius 1 is 1.58 bits per heavy atom. The van der Waals surface area contributed by atoms with Gasteiger partial charge in [0.2, 0.25) is 5.91 Å². The van der Waals surface area contributed by atoms with Crippen molar-refractivity contribution < 1.29 is 14.6 Å². The quantitative estimate of drug-likeness (QED) is 0.851. The molecule has 1 aromatic heterocycles. The third kappa shape index (κ3) is 4.01. The number of hydrogen-bond acceptors (Lipinski definition) is 4. The van der Waals surface area contributed by atoms with E-state index in [-0.39, 0.29) is 18.6 Å². The van der Waals surface area contributed by atoms with Crippen LogP contribution in [0.5, 0.6) is 0 Å². The Labute approximate surface area is 113 Å². The molecule has 1 aliphatic rings. The summed E-state index contributed by atoms with van der Waals surface area (Å²) in [6.45, 7) is 1.95. The second kappa shape index (κ2) is 6.63. The van der Waals surface area contributed by atoms with Gasteiger partial charge in [0.15, 0.2) is 0 Å². The molecule has 1 fully saturated rings. The van der Waals surface area contributed by atoms with Crippen molar-refractivity contribution in [2.24, 2.45) is 0 Å². The molecule has 0 aromatic carbocycles. The van der Waals surface area contributed by atoms with Gasteiger partial charge in [0, 0.05) is 18.2 Å². The normalized spacial score (nSPS) is 22.4. The van der Waals surface area contributed by atoms with Gasteiger partial charge < -0.3 is 15.2 Å². The zero-order valence-corrected chi connectivity index (χ0v) is 11.1. The van der Waals surface area contributed by atoms with Gasteiger partial charge in [0.05, 0.1) is 30.7 Å². The van der Waals surface area contributed by atoms with Crippen molar-refractivity contribution >= 4 is 11.6 Å². The van der Waals surface area contributed by atoms with E-state index in [0.717, 1.165) is 19.3 Å². The highest BCUT2D eigenvalue weighted by atomic mass is 16.5. The van der Waals surface area contributed by atoms with E-state index >= 15 is 0 Å². The second-order valence-electron chi connectivity index (χ2n) is 4.92. The van der Waals surface area contributed by atoms with Gasteiger partial charge >= 0.3 is 0 Å². The van der Waals surface area contributed by atoms with Crippen LogP contribution in [0, 0.1) is 0 Å². The molecule has 2 heterocycles. The minimum atomic E-state index is -0.110. The summed E-state index contributed by atoms with van der Waals surface area (Å²) in [5.41, 5.74) is 1.25. The Bertz CT molecular complexity index is 436. The third-order valence-corrected chi connectivity index (χ3v) is 3.37. The van der Waals surface area contributed by atoms with Crippen molar-refractivity contribution in [1.29, 1.82) is 0 Å². The van der Waals surface area contributed by atoms with Crippen LogP contribution in [0.15, 0.2) is 18.5 Å². The van der Waals surface area contributed by atoms with Crippen LogP contribution in [-0.4, -0.2) is 28.2 Å². The van der Waals surface area contributed by atoms with E-state index in [0.29, 0.717) is 23.8 Å². The number of carbonyl (C=O) groups is 1. The average molecular weight is 264 g/mol. The van der Waals surface area contributed by atoms with Gasteiger partial charge in [0.25, 0.3) is 0 Å². The van der Waals surface area contributed by atoms with Gasteiger partial charge in [-0.2, -0.15) is 0 Å². The van der Waals surface area contributed by atoms with Gasteiger partial charge in [-0.25, -0.2) is 0 Å². The summed E-state index contributed by atoms with van der Waals surface area (Å²) >= 11 is 0. The van der Waals surface area contributed by atoms with Crippen molar-refractivity contribution in [2.75, 3.05) is 5.32 Å². The Kier molecular flexibility index (Phi) is 4.87. The van der Waals surface area contributed by atoms with Crippen LogP contribution in [0.4, 0.5) is 5.69 Å². The number of aromatic nitrogens is 1. The molecule has 2 rings (SSSR count). The van der Waals surface area contributed by atoms with Crippen molar-refractivity contribution in [2.45, 2.75) is 51.4 Å². The first-order valence-electron chi connectivity index (χ1n) is 6.68. The first-order valence-corrected chi connectivity index (χ1v) is 6.68. The van der Waals surface area contributed by atoms with Crippen LogP contribution < -0.4 is 5.32 Å². The second-order valence-corrected chi connectivity index (χ2v) is 4.92. The number of nitrogens with one attached hydrogen (secondary N) is 1. The Morgan fingerprint density at radius 3 is 3.11 bits per heavy atom. The maximum absolute atomic E-state index is 11.8. The summed E-state index contributed by atoms with van der Waals surface area (Å²) in [6.07, 6.45) is 6.93. The minimum Gasteiger partial charge on any atom is -0.392 e. The summed E-state index contributed by atoms with van der Waals surface area (Å²) in [4.78, 5) is 15.8. The fourth-order valence-electron chi connectivity index (χ4n) is 2.28. The van der Waals surface area contributed by atoms with E-state index in [1.165, 1.54) is 0 Å². The maximum atomic E-state index is 11.8. The molecular weight excluding hydrogens is 244 g/mol. The molecule has 0 spiro atoms. The lowest BCUT2D eigenvalue weighted by atomic mass is 10.1. The lowest BCUT2D eigenvalue weighted by molar-refractivity contribution is -0.116. The lowest BCUT2D eigenvalue weighted by Gasteiger charge is -2.12. The fraction of sp³-hybridized carbons (Fsp3) is 0.571. The van der Waals surface area contributed by atoms with Crippen LogP contribution in [0.2, 0.25) is 0 Å². The first kappa shape index (κ1) is 14.0. The number of nitrogens with zero attached hydrogens (tertiary/aromatic N) is 1. The number of rotatable bonds is 5. The van der Waals surface area contributed by atoms with E-state index < -0.39 is 0 Å². The van der Waals surface area contributed by atoms with E-state index in [1.807, 2.05) is 0 Å². The van der Waals surface area contributed by atoms with Crippen LogP contribution in [0.3, 0.4) is 0 Å². The molecule has 5 heteroatoms.